The highest BCUT2D eigenvalue weighted by molar-refractivity contribution is 5.73. The van der Waals surface area contributed by atoms with Gasteiger partial charge in [-0.3, -0.25) is 4.79 Å². The fraction of sp³-hybridized carbons (Fsp3) is 0.615. The third-order valence-electron chi connectivity index (χ3n) is 5.35. The molecule has 1 rings (SSSR count). The first kappa shape index (κ1) is 30.7. The van der Waals surface area contributed by atoms with Crippen LogP contribution in [-0.4, -0.2) is 74.8 Å². The summed E-state index contributed by atoms with van der Waals surface area (Å²) in [6.07, 6.45) is 16.7. The quantitative estimate of drug-likeness (QED) is 0.142. The molecule has 1 aliphatic rings. The normalized spacial score (nSPS) is 25.4. The van der Waals surface area contributed by atoms with Crippen molar-refractivity contribution in [3.8, 4) is 0 Å². The summed E-state index contributed by atoms with van der Waals surface area (Å²) >= 11 is 0. The molecule has 0 aromatic rings. The van der Waals surface area contributed by atoms with Gasteiger partial charge in [-0.15, -0.1) is 0 Å². The molecular formula is C26H40O9. The number of aliphatic carboxylic acids is 2. The van der Waals surface area contributed by atoms with Gasteiger partial charge in [-0.2, -0.15) is 0 Å². The fourth-order valence-corrected chi connectivity index (χ4v) is 3.35. The number of carbonyl (C=O) groups is 2. The average Bonchev–Trinajstić information content (AvgIpc) is 2.82. The molecule has 9 nitrogen and oxygen atoms in total. The summed E-state index contributed by atoms with van der Waals surface area (Å²) in [5.41, 5.74) is 0. The highest BCUT2D eigenvalue weighted by Gasteiger charge is 2.47. The molecule has 198 valence electrons. The molecule has 0 radical (unpaired) electrons. The Bertz CT molecular complexity index is 714. The third-order valence-corrected chi connectivity index (χ3v) is 5.35. The van der Waals surface area contributed by atoms with E-state index in [-0.39, 0.29) is 13.0 Å². The average molecular weight is 497 g/mol. The number of ether oxygens (including phenoxy) is 2. The van der Waals surface area contributed by atoms with E-state index in [1.54, 1.807) is 0 Å². The summed E-state index contributed by atoms with van der Waals surface area (Å²) in [5.74, 6) is -2.18. The number of carboxylic acids is 2. The van der Waals surface area contributed by atoms with Gasteiger partial charge in [0.15, 0.2) is 12.4 Å². The lowest BCUT2D eigenvalue weighted by Crippen LogP contribution is -2.60. The van der Waals surface area contributed by atoms with Crippen molar-refractivity contribution in [2.24, 2.45) is 0 Å². The van der Waals surface area contributed by atoms with Crippen LogP contribution in [0.5, 0.6) is 0 Å². The Hall–Kier alpha value is -2.30. The summed E-state index contributed by atoms with van der Waals surface area (Å²) < 4.78 is 10.4. The SMILES string of the molecule is O=C(O)CCC/C=C\C/C=C\C/C=C\C/C=C\CCCCCO[C@@H]1O[C@H](C(=O)O)[C@@H](O)[C@H](O)[C@H]1O. The molecular weight excluding hydrogens is 456 g/mol. The van der Waals surface area contributed by atoms with Gasteiger partial charge in [0.2, 0.25) is 0 Å². The predicted octanol–water partition coefficient (Wildman–Crippen LogP) is 3.11. The number of hydrogen-bond donors (Lipinski definition) is 5. The molecule has 0 saturated carbocycles. The number of unbranched alkanes of at least 4 members (excludes halogenated alkanes) is 4. The molecule has 0 amide bonds. The number of aliphatic hydroxyl groups excluding tert-OH is 3. The van der Waals surface area contributed by atoms with E-state index in [0.717, 1.165) is 44.9 Å². The molecule has 0 aromatic heterocycles. The van der Waals surface area contributed by atoms with Crippen LogP contribution in [0.25, 0.3) is 0 Å². The molecule has 1 saturated heterocycles. The van der Waals surface area contributed by atoms with E-state index in [2.05, 4.69) is 42.5 Å². The van der Waals surface area contributed by atoms with Crippen LogP contribution in [0, 0.1) is 0 Å². The number of carboxylic acid groups (broad SMARTS) is 2. The van der Waals surface area contributed by atoms with Crippen molar-refractivity contribution in [3.05, 3.63) is 48.6 Å². The van der Waals surface area contributed by atoms with Gasteiger partial charge in [0.05, 0.1) is 0 Å². The van der Waals surface area contributed by atoms with Crippen molar-refractivity contribution in [2.75, 3.05) is 6.61 Å². The molecule has 5 N–H and O–H groups in total. The highest BCUT2D eigenvalue weighted by Crippen LogP contribution is 2.22. The van der Waals surface area contributed by atoms with E-state index in [0.29, 0.717) is 12.8 Å². The van der Waals surface area contributed by atoms with Gasteiger partial charge in [0.1, 0.15) is 18.3 Å². The van der Waals surface area contributed by atoms with Crippen molar-refractivity contribution in [2.45, 2.75) is 94.9 Å². The minimum absolute atomic E-state index is 0.216. The number of hydrogen-bond acceptors (Lipinski definition) is 7. The van der Waals surface area contributed by atoms with E-state index in [9.17, 15) is 24.9 Å². The molecule has 0 unspecified atom stereocenters. The predicted molar refractivity (Wildman–Crippen MR) is 131 cm³/mol. The first-order valence-electron chi connectivity index (χ1n) is 12.2. The topological polar surface area (TPSA) is 154 Å². The zero-order valence-corrected chi connectivity index (χ0v) is 20.2. The van der Waals surface area contributed by atoms with Crippen LogP contribution < -0.4 is 0 Å². The van der Waals surface area contributed by atoms with E-state index in [4.69, 9.17) is 19.7 Å². The molecule has 0 bridgehead atoms. The lowest BCUT2D eigenvalue weighted by molar-refractivity contribution is -0.294. The van der Waals surface area contributed by atoms with Gasteiger partial charge >= 0.3 is 11.9 Å². The highest BCUT2D eigenvalue weighted by atomic mass is 16.7. The second-order valence-electron chi connectivity index (χ2n) is 8.33. The monoisotopic (exact) mass is 496 g/mol. The van der Waals surface area contributed by atoms with Crippen LogP contribution in [0.15, 0.2) is 48.6 Å². The van der Waals surface area contributed by atoms with Crippen molar-refractivity contribution in [1.29, 1.82) is 0 Å². The van der Waals surface area contributed by atoms with Crippen molar-refractivity contribution < 1.29 is 44.6 Å². The lowest BCUT2D eigenvalue weighted by atomic mass is 9.99. The van der Waals surface area contributed by atoms with Crippen LogP contribution in [0.2, 0.25) is 0 Å². The molecule has 1 heterocycles. The van der Waals surface area contributed by atoms with E-state index in [1.165, 1.54) is 0 Å². The molecule has 35 heavy (non-hydrogen) atoms. The van der Waals surface area contributed by atoms with E-state index < -0.39 is 42.6 Å². The first-order valence-corrected chi connectivity index (χ1v) is 12.2. The zero-order chi connectivity index (χ0) is 25.9. The Kier molecular flexibility index (Phi) is 16.6. The van der Waals surface area contributed by atoms with Gasteiger partial charge in [0, 0.05) is 13.0 Å². The Morgan fingerprint density at radius 2 is 1.23 bits per heavy atom. The summed E-state index contributed by atoms with van der Waals surface area (Å²) in [4.78, 5) is 21.5. The Labute approximate surface area is 207 Å². The molecule has 0 aromatic carbocycles. The molecule has 9 heteroatoms. The minimum Gasteiger partial charge on any atom is -0.481 e. The summed E-state index contributed by atoms with van der Waals surface area (Å²) in [6, 6.07) is 0. The van der Waals surface area contributed by atoms with Crippen LogP contribution in [-0.2, 0) is 19.1 Å². The van der Waals surface area contributed by atoms with Crippen LogP contribution in [0.1, 0.15) is 64.2 Å². The first-order chi connectivity index (χ1) is 16.8. The lowest BCUT2D eigenvalue weighted by Gasteiger charge is -2.38. The van der Waals surface area contributed by atoms with Crippen molar-refractivity contribution >= 4 is 11.9 Å². The van der Waals surface area contributed by atoms with Crippen LogP contribution >= 0.6 is 0 Å². The Morgan fingerprint density at radius 1 is 0.686 bits per heavy atom. The summed E-state index contributed by atoms with van der Waals surface area (Å²) in [7, 11) is 0. The number of rotatable bonds is 18. The fourth-order valence-electron chi connectivity index (χ4n) is 3.35. The number of allylic oxidation sites excluding steroid dienone is 8. The third kappa shape index (κ3) is 14.0. The second-order valence-corrected chi connectivity index (χ2v) is 8.33. The molecule has 0 aliphatic carbocycles. The van der Waals surface area contributed by atoms with Crippen LogP contribution in [0.4, 0.5) is 0 Å². The summed E-state index contributed by atoms with van der Waals surface area (Å²) in [6.45, 7) is 0.247. The Balaban J connectivity index is 2.01. The maximum Gasteiger partial charge on any atom is 0.335 e. The van der Waals surface area contributed by atoms with E-state index >= 15 is 0 Å². The molecule has 1 aliphatic heterocycles. The van der Waals surface area contributed by atoms with Crippen molar-refractivity contribution in [1.82, 2.24) is 0 Å². The van der Waals surface area contributed by atoms with Gasteiger partial charge in [-0.25, -0.2) is 4.79 Å². The van der Waals surface area contributed by atoms with Crippen molar-refractivity contribution in [3.63, 3.8) is 0 Å². The maximum absolute atomic E-state index is 11.1. The zero-order valence-electron chi connectivity index (χ0n) is 20.2. The molecule has 0 spiro atoms. The summed E-state index contributed by atoms with van der Waals surface area (Å²) in [5, 5.41) is 46.8. The van der Waals surface area contributed by atoms with Crippen LogP contribution in [0.3, 0.4) is 0 Å². The molecule has 5 atom stereocenters. The minimum atomic E-state index is -1.71. The largest absolute Gasteiger partial charge is 0.481 e. The van der Waals surface area contributed by atoms with E-state index in [1.807, 2.05) is 6.08 Å². The Morgan fingerprint density at radius 3 is 1.77 bits per heavy atom. The molecule has 1 fully saturated rings. The van der Waals surface area contributed by atoms with Gasteiger partial charge in [-0.05, 0) is 51.4 Å². The maximum atomic E-state index is 11.1. The second kappa shape index (κ2) is 19.0. The van der Waals surface area contributed by atoms with Gasteiger partial charge in [-0.1, -0.05) is 55.0 Å². The van der Waals surface area contributed by atoms with Gasteiger partial charge < -0.3 is 35.0 Å². The number of aliphatic hydroxyl groups is 3. The van der Waals surface area contributed by atoms with Gasteiger partial charge in [0.25, 0.3) is 0 Å². The smallest absolute Gasteiger partial charge is 0.335 e. The standard InChI is InChI=1S/C26H40O9/c27-20(28)18-16-14-12-10-8-6-4-2-1-3-5-7-9-11-13-15-17-19-34-26-23(31)21(29)22(30)24(35-26)25(32)33/h1,3-4,6-7,9-10,12,21-24,26,29-31H,2,5,8,11,13-19H2,(H,27,28)(H,32,33)/b3-1-,6-4-,9-7-,12-10-/t21-,22-,23+,24-,26+/m0/s1.